The smallest absolute Gasteiger partial charge is 0.443 e. The van der Waals surface area contributed by atoms with Crippen LogP contribution in [0, 0.1) is 25.5 Å². The Hall–Kier alpha value is -2.80. The van der Waals surface area contributed by atoms with Gasteiger partial charge in [-0.15, -0.1) is 5.10 Å². The lowest BCUT2D eigenvalue weighted by Gasteiger charge is -2.39. The number of carbonyl (C=O) groups excluding carboxylic acids is 1. The second-order valence-electron chi connectivity index (χ2n) is 8.88. The average molecular weight is 515 g/mol. The fraction of sp³-hybridized carbons (Fsp3) is 0.583. The lowest BCUT2D eigenvalue weighted by molar-refractivity contribution is -0.278. The monoisotopic (exact) mass is 514 g/mol. The Kier molecular flexibility index (Phi) is 8.88. The van der Waals surface area contributed by atoms with Crippen LogP contribution in [0.1, 0.15) is 49.2 Å². The van der Waals surface area contributed by atoms with Crippen molar-refractivity contribution in [3.8, 4) is 5.88 Å². The Balaban J connectivity index is 1.89. The molecule has 0 bridgehead atoms. The molecular formula is C24H32F2N2O8. The average Bonchev–Trinajstić information content (AvgIpc) is 3.14. The number of aromatic nitrogens is 2. The second kappa shape index (κ2) is 11.5. The van der Waals surface area contributed by atoms with Crippen molar-refractivity contribution in [2.75, 3.05) is 13.2 Å². The summed E-state index contributed by atoms with van der Waals surface area (Å²) in [6.07, 6.45) is -8.81. The number of nitrogens with zero attached hydrogens (tertiary/aromatic N) is 2. The Morgan fingerprint density at radius 3 is 2.44 bits per heavy atom. The summed E-state index contributed by atoms with van der Waals surface area (Å²) >= 11 is 0. The highest BCUT2D eigenvalue weighted by molar-refractivity contribution is 5.59. The van der Waals surface area contributed by atoms with Gasteiger partial charge < -0.3 is 34.3 Å². The first-order valence-electron chi connectivity index (χ1n) is 11.6. The lowest BCUT2D eigenvalue weighted by Crippen LogP contribution is -2.60. The molecule has 10 nitrogen and oxygen atoms in total. The zero-order valence-corrected chi connectivity index (χ0v) is 20.8. The van der Waals surface area contributed by atoms with Crippen LogP contribution in [-0.2, 0) is 20.6 Å². The SMILES string of the molecule is CCOC(=O)OC[C@H]1O[C@@H](Oc2nn(C(C)C)c(C)c2Cc2ccc(C)c(F)c2F)[C@H](O)[C@@H](O)[C@@H]1O. The Morgan fingerprint density at radius 2 is 1.81 bits per heavy atom. The standard InChI is InChI=1S/C24H32F2N2O8/c1-6-33-24(32)34-10-16-19(29)20(30)21(31)23(35-16)36-22-15(13(5)28(27-22)11(2)3)9-14-8-7-12(4)17(25)18(14)26/h7-8,11,16,19-21,23,29-31H,6,9-10H2,1-5H3/t16-,19-,20+,21-,23+/m1/s1. The van der Waals surface area contributed by atoms with Crippen LogP contribution in [0.5, 0.6) is 5.88 Å². The summed E-state index contributed by atoms with van der Waals surface area (Å²) in [6.45, 7) is 8.12. The number of ether oxygens (including phenoxy) is 4. The number of benzene rings is 1. The molecule has 2 aromatic rings. The van der Waals surface area contributed by atoms with Crippen LogP contribution in [0.4, 0.5) is 13.6 Å². The van der Waals surface area contributed by atoms with Gasteiger partial charge in [-0.2, -0.15) is 0 Å². The van der Waals surface area contributed by atoms with Crippen LogP contribution < -0.4 is 4.74 Å². The van der Waals surface area contributed by atoms with Gasteiger partial charge in [-0.1, -0.05) is 12.1 Å². The van der Waals surface area contributed by atoms with Crippen molar-refractivity contribution in [1.29, 1.82) is 0 Å². The molecule has 36 heavy (non-hydrogen) atoms. The Bertz CT molecular complexity index is 1080. The maximum atomic E-state index is 14.6. The molecular weight excluding hydrogens is 482 g/mol. The first-order valence-corrected chi connectivity index (χ1v) is 11.6. The van der Waals surface area contributed by atoms with Gasteiger partial charge in [0.2, 0.25) is 12.2 Å². The molecule has 0 unspecified atom stereocenters. The van der Waals surface area contributed by atoms with Crippen molar-refractivity contribution in [3.05, 3.63) is 46.2 Å². The fourth-order valence-corrected chi connectivity index (χ4v) is 3.91. The van der Waals surface area contributed by atoms with E-state index in [1.807, 2.05) is 13.8 Å². The third-order valence-corrected chi connectivity index (χ3v) is 5.97. The summed E-state index contributed by atoms with van der Waals surface area (Å²) in [5.74, 6) is -1.96. The summed E-state index contributed by atoms with van der Waals surface area (Å²) in [4.78, 5) is 11.5. The van der Waals surface area contributed by atoms with E-state index < -0.39 is 55.1 Å². The third kappa shape index (κ3) is 5.77. The molecule has 3 rings (SSSR count). The van der Waals surface area contributed by atoms with Crippen LogP contribution >= 0.6 is 0 Å². The maximum absolute atomic E-state index is 14.6. The molecule has 1 aromatic carbocycles. The molecule has 0 radical (unpaired) electrons. The molecule has 1 fully saturated rings. The third-order valence-electron chi connectivity index (χ3n) is 5.97. The minimum atomic E-state index is -1.69. The van der Waals surface area contributed by atoms with Crippen LogP contribution in [0.15, 0.2) is 12.1 Å². The van der Waals surface area contributed by atoms with Gasteiger partial charge in [0.25, 0.3) is 0 Å². The van der Waals surface area contributed by atoms with Crippen LogP contribution in [-0.4, -0.2) is 75.2 Å². The summed E-state index contributed by atoms with van der Waals surface area (Å²) in [6, 6.07) is 2.82. The molecule has 3 N–H and O–H groups in total. The van der Waals surface area contributed by atoms with Crippen molar-refractivity contribution >= 4 is 6.16 Å². The molecule has 12 heteroatoms. The highest BCUT2D eigenvalue weighted by Gasteiger charge is 2.46. The second-order valence-corrected chi connectivity index (χ2v) is 8.88. The van der Waals surface area contributed by atoms with E-state index in [1.165, 1.54) is 19.1 Å². The van der Waals surface area contributed by atoms with Gasteiger partial charge in [-0.3, -0.25) is 4.68 Å². The zero-order chi connectivity index (χ0) is 26.7. The van der Waals surface area contributed by atoms with Crippen molar-refractivity contribution in [1.82, 2.24) is 9.78 Å². The van der Waals surface area contributed by atoms with Crippen LogP contribution in [0.2, 0.25) is 0 Å². The van der Waals surface area contributed by atoms with Gasteiger partial charge in [-0.05, 0) is 45.7 Å². The Morgan fingerprint density at radius 1 is 1.11 bits per heavy atom. The van der Waals surface area contributed by atoms with E-state index in [9.17, 15) is 28.9 Å². The van der Waals surface area contributed by atoms with E-state index >= 15 is 0 Å². The molecule has 5 atom stereocenters. The summed E-state index contributed by atoms with van der Waals surface area (Å²) in [5, 5.41) is 35.5. The molecule has 2 heterocycles. The number of rotatable bonds is 8. The van der Waals surface area contributed by atoms with Crippen molar-refractivity contribution in [2.45, 2.75) is 77.8 Å². The van der Waals surface area contributed by atoms with Crippen molar-refractivity contribution < 1.29 is 47.8 Å². The van der Waals surface area contributed by atoms with Crippen LogP contribution in [0.3, 0.4) is 0 Å². The molecule has 1 saturated heterocycles. The molecule has 0 amide bonds. The van der Waals surface area contributed by atoms with Gasteiger partial charge in [0, 0.05) is 23.7 Å². The summed E-state index contributed by atoms with van der Waals surface area (Å²) < 4.78 is 51.4. The van der Waals surface area contributed by atoms with E-state index in [1.54, 1.807) is 18.5 Å². The number of aryl methyl sites for hydroxylation is 1. The fourth-order valence-electron chi connectivity index (χ4n) is 3.91. The number of halogens is 2. The van der Waals surface area contributed by atoms with Gasteiger partial charge in [0.1, 0.15) is 31.0 Å². The van der Waals surface area contributed by atoms with Gasteiger partial charge >= 0.3 is 6.16 Å². The minimum absolute atomic E-state index is 0.0284. The maximum Gasteiger partial charge on any atom is 0.508 e. The minimum Gasteiger partial charge on any atom is -0.443 e. The van der Waals surface area contributed by atoms with Gasteiger partial charge in [0.15, 0.2) is 11.6 Å². The predicted octanol–water partition coefficient (Wildman–Crippen LogP) is 2.31. The van der Waals surface area contributed by atoms with Crippen LogP contribution in [0.25, 0.3) is 0 Å². The van der Waals surface area contributed by atoms with E-state index in [0.717, 1.165) is 0 Å². The molecule has 0 saturated carbocycles. The van der Waals surface area contributed by atoms with E-state index in [-0.39, 0.29) is 36.1 Å². The van der Waals surface area contributed by atoms with E-state index in [2.05, 4.69) is 9.84 Å². The number of aliphatic hydroxyl groups excluding tert-OH is 3. The van der Waals surface area contributed by atoms with Crippen molar-refractivity contribution in [2.24, 2.45) is 0 Å². The largest absolute Gasteiger partial charge is 0.508 e. The molecule has 1 aliphatic rings. The van der Waals surface area contributed by atoms with E-state index in [0.29, 0.717) is 11.3 Å². The molecule has 0 aliphatic carbocycles. The highest BCUT2D eigenvalue weighted by Crippen LogP contribution is 2.31. The van der Waals surface area contributed by atoms with Crippen molar-refractivity contribution in [3.63, 3.8) is 0 Å². The summed E-state index contributed by atoms with van der Waals surface area (Å²) in [7, 11) is 0. The van der Waals surface area contributed by atoms with Gasteiger partial charge in [-0.25, -0.2) is 13.6 Å². The first kappa shape index (κ1) is 27.8. The number of aliphatic hydroxyl groups is 3. The number of hydrogen-bond donors (Lipinski definition) is 3. The number of carbonyl (C=O) groups is 1. The zero-order valence-electron chi connectivity index (χ0n) is 20.8. The number of hydrogen-bond acceptors (Lipinski definition) is 9. The predicted molar refractivity (Wildman–Crippen MR) is 122 cm³/mol. The topological polar surface area (TPSA) is 132 Å². The molecule has 200 valence electrons. The first-order chi connectivity index (χ1) is 17.0. The molecule has 0 spiro atoms. The summed E-state index contributed by atoms with van der Waals surface area (Å²) in [5.41, 5.74) is 1.29. The highest BCUT2D eigenvalue weighted by atomic mass is 19.2. The molecule has 1 aromatic heterocycles. The quantitative estimate of drug-likeness (QED) is 0.454. The Labute approximate surface area is 207 Å². The molecule has 1 aliphatic heterocycles. The van der Waals surface area contributed by atoms with Gasteiger partial charge in [0.05, 0.1) is 6.61 Å². The van der Waals surface area contributed by atoms with E-state index in [4.69, 9.17) is 14.2 Å². The normalized spacial score (nSPS) is 24.1. The lowest BCUT2D eigenvalue weighted by atomic mass is 9.99.